The maximum Gasteiger partial charge on any atom is 0.0506 e. The quantitative estimate of drug-likeness (QED) is 0.388. The molecule has 0 aliphatic heterocycles. The molecule has 0 aromatic heterocycles. The van der Waals surface area contributed by atoms with Crippen molar-refractivity contribution in [3.63, 3.8) is 0 Å². The Morgan fingerprint density at radius 3 is 2.03 bits per heavy atom. The van der Waals surface area contributed by atoms with Crippen molar-refractivity contribution in [2.24, 2.45) is 0 Å². The van der Waals surface area contributed by atoms with E-state index in [1.54, 1.807) is 39.0 Å². The number of fused-ring (bicyclic) bond motifs is 2. The van der Waals surface area contributed by atoms with Crippen molar-refractivity contribution < 1.29 is 0 Å². The first kappa shape index (κ1) is 22.8. The third-order valence-electron chi connectivity index (χ3n) is 7.10. The van der Waals surface area contributed by atoms with Crippen LogP contribution < -0.4 is 0 Å². The van der Waals surface area contributed by atoms with Gasteiger partial charge >= 0.3 is 0 Å². The highest BCUT2D eigenvalue weighted by molar-refractivity contribution is 6.78. The van der Waals surface area contributed by atoms with Crippen LogP contribution in [0.15, 0.2) is 60.2 Å². The van der Waals surface area contributed by atoms with Crippen LogP contribution in [0, 0.1) is 0 Å². The van der Waals surface area contributed by atoms with Gasteiger partial charge in [-0.05, 0) is 58.0 Å². The molecule has 0 spiro atoms. The van der Waals surface area contributed by atoms with Crippen LogP contribution in [-0.2, 0) is 5.04 Å². The maximum atomic E-state index is 2.72. The molecule has 0 bridgehead atoms. The van der Waals surface area contributed by atoms with Crippen LogP contribution in [0.4, 0.5) is 0 Å². The van der Waals surface area contributed by atoms with Gasteiger partial charge in [0.1, 0.15) is 0 Å². The minimum Gasteiger partial charge on any atom is -0.0741 e. The van der Waals surface area contributed by atoms with Gasteiger partial charge in [0.05, 0.1) is 9.52 Å². The lowest BCUT2D eigenvalue weighted by Crippen LogP contribution is -2.30. The Morgan fingerprint density at radius 2 is 1.39 bits per heavy atom. The maximum absolute atomic E-state index is 2.72. The van der Waals surface area contributed by atoms with Gasteiger partial charge in [0.2, 0.25) is 0 Å². The largest absolute Gasteiger partial charge is 0.0741 e. The third-order valence-corrected chi connectivity index (χ3v) is 12.8. The summed E-state index contributed by atoms with van der Waals surface area (Å²) in [6.45, 7) is 20.1. The summed E-state index contributed by atoms with van der Waals surface area (Å²) in [5, 5.41) is 0.249. The molecule has 4 rings (SSSR count). The molecule has 2 aromatic carbocycles. The van der Waals surface area contributed by atoms with Crippen LogP contribution in [0.3, 0.4) is 0 Å². The second-order valence-electron chi connectivity index (χ2n) is 12.6. The van der Waals surface area contributed by atoms with Gasteiger partial charge in [0.15, 0.2) is 0 Å². The Labute approximate surface area is 194 Å². The molecule has 0 N–H and O–H groups in total. The Hall–Kier alpha value is -1.43. The molecule has 0 heterocycles. The van der Waals surface area contributed by atoms with Crippen molar-refractivity contribution in [3.05, 3.63) is 82.4 Å². The van der Waals surface area contributed by atoms with Crippen LogP contribution in [0.2, 0.25) is 51.4 Å². The van der Waals surface area contributed by atoms with Crippen molar-refractivity contribution in [3.8, 4) is 0 Å². The zero-order valence-electron chi connectivity index (χ0n) is 20.9. The molecule has 2 aliphatic carbocycles. The summed E-state index contributed by atoms with van der Waals surface area (Å²) in [6.07, 6.45) is 2.72. The first-order chi connectivity index (χ1) is 14.4. The number of hydrogen-bond acceptors (Lipinski definition) is 0. The molecular weight excluding hydrogens is 421 g/mol. The van der Waals surface area contributed by atoms with Crippen LogP contribution in [0.5, 0.6) is 0 Å². The lowest BCUT2D eigenvalue weighted by Gasteiger charge is -2.28. The van der Waals surface area contributed by atoms with Crippen LogP contribution >= 0.6 is 0 Å². The summed E-state index contributed by atoms with van der Waals surface area (Å²) in [6, 6.07) is 21.3. The summed E-state index contributed by atoms with van der Waals surface area (Å²) < 4.78 is 0. The Balaban J connectivity index is 1.76. The van der Waals surface area contributed by atoms with E-state index in [1.807, 2.05) is 0 Å². The van der Waals surface area contributed by atoms with E-state index in [4.69, 9.17) is 0 Å². The fourth-order valence-electron chi connectivity index (χ4n) is 5.87. The van der Waals surface area contributed by atoms with Crippen molar-refractivity contribution >= 4 is 36.8 Å². The highest BCUT2D eigenvalue weighted by Gasteiger charge is 2.40. The Morgan fingerprint density at radius 1 is 0.806 bits per heavy atom. The van der Waals surface area contributed by atoms with Crippen molar-refractivity contribution in [1.29, 1.82) is 0 Å². The Kier molecular flexibility index (Phi) is 5.77. The fraction of sp³-hybridized carbons (Fsp3) is 0.429. The number of allylic oxidation sites excluding steroid dienone is 4. The van der Waals surface area contributed by atoms with E-state index in [-0.39, 0.29) is 5.04 Å². The van der Waals surface area contributed by atoms with E-state index in [2.05, 4.69) is 108 Å². The first-order valence-corrected chi connectivity index (χ1v) is 20.9. The van der Waals surface area contributed by atoms with Crippen LogP contribution in [-0.4, -0.2) is 25.7 Å². The molecule has 3 heteroatoms. The molecule has 0 amide bonds. The van der Waals surface area contributed by atoms with Gasteiger partial charge in [-0.2, -0.15) is 0 Å². The topological polar surface area (TPSA) is 0 Å². The average molecular weight is 461 g/mol. The molecular formula is C28H40Si3. The van der Waals surface area contributed by atoms with Gasteiger partial charge < -0.3 is 0 Å². The standard InChI is InChI=1S/C28H40Si3/c1-20-25(19-31(6,7)8)23-14-9-10-15-24(23)27(20)29-28(2)17-21(18-30(3,4)5)22-13-11-12-16-26(22)28/h9-17,27H,18-19,29H2,1-8H3. The summed E-state index contributed by atoms with van der Waals surface area (Å²) >= 11 is 0. The van der Waals surface area contributed by atoms with Gasteiger partial charge in [-0.3, -0.25) is 0 Å². The van der Waals surface area contributed by atoms with E-state index >= 15 is 0 Å². The second kappa shape index (κ2) is 7.86. The molecule has 164 valence electrons. The van der Waals surface area contributed by atoms with Crippen molar-refractivity contribution in [1.82, 2.24) is 0 Å². The predicted octanol–water partition coefficient (Wildman–Crippen LogP) is 7.67. The summed E-state index contributed by atoms with van der Waals surface area (Å²) in [5.41, 5.74) is 12.1. The number of benzene rings is 2. The minimum absolute atomic E-state index is 0.249. The lowest BCUT2D eigenvalue weighted by atomic mass is 10.0. The van der Waals surface area contributed by atoms with Crippen molar-refractivity contribution in [2.75, 3.05) is 0 Å². The molecule has 2 aromatic rings. The molecule has 0 saturated heterocycles. The zero-order chi connectivity index (χ0) is 22.6. The number of hydrogen-bond donors (Lipinski definition) is 0. The molecule has 2 atom stereocenters. The van der Waals surface area contributed by atoms with Crippen LogP contribution in [0.25, 0.3) is 11.1 Å². The number of rotatable bonds is 6. The molecule has 0 nitrogen and oxygen atoms in total. The van der Waals surface area contributed by atoms with E-state index in [0.717, 1.165) is 0 Å². The molecule has 0 saturated carbocycles. The summed E-state index contributed by atoms with van der Waals surface area (Å²) in [7, 11) is -2.80. The van der Waals surface area contributed by atoms with Gasteiger partial charge in [0.25, 0.3) is 0 Å². The van der Waals surface area contributed by atoms with Gasteiger partial charge in [-0.15, -0.1) is 0 Å². The molecule has 31 heavy (non-hydrogen) atoms. The predicted molar refractivity (Wildman–Crippen MR) is 148 cm³/mol. The van der Waals surface area contributed by atoms with E-state index in [0.29, 0.717) is 5.54 Å². The highest BCUT2D eigenvalue weighted by Crippen LogP contribution is 2.50. The summed E-state index contributed by atoms with van der Waals surface area (Å²) in [5.74, 6) is 0. The smallest absolute Gasteiger partial charge is 0.0506 e. The SMILES string of the molecule is CC1=C(C[Si](C)(C)C)c2ccccc2C1[SiH2]C1(C)C=C(C[Si](C)(C)C)c2ccccc21. The molecule has 2 aliphatic rings. The van der Waals surface area contributed by atoms with E-state index in [1.165, 1.54) is 12.1 Å². The average Bonchev–Trinajstić information content (AvgIpc) is 3.07. The van der Waals surface area contributed by atoms with Crippen LogP contribution in [0.1, 0.15) is 41.6 Å². The van der Waals surface area contributed by atoms with Gasteiger partial charge in [-0.1, -0.05) is 106 Å². The third kappa shape index (κ3) is 4.55. The van der Waals surface area contributed by atoms with E-state index < -0.39 is 25.7 Å². The normalized spacial score (nSPS) is 23.5. The van der Waals surface area contributed by atoms with Crippen molar-refractivity contribution in [2.45, 2.75) is 75.8 Å². The molecule has 2 unspecified atom stereocenters. The van der Waals surface area contributed by atoms with E-state index in [9.17, 15) is 0 Å². The second-order valence-corrected chi connectivity index (χ2v) is 26.3. The van der Waals surface area contributed by atoms with Gasteiger partial charge in [-0.25, -0.2) is 0 Å². The highest BCUT2D eigenvalue weighted by atomic mass is 28.3. The lowest BCUT2D eigenvalue weighted by molar-refractivity contribution is 0.840. The van der Waals surface area contributed by atoms with Gasteiger partial charge in [0, 0.05) is 21.2 Å². The minimum atomic E-state index is -1.17. The Bertz CT molecular complexity index is 1060. The molecule has 0 radical (unpaired) electrons. The molecule has 0 fully saturated rings. The monoisotopic (exact) mass is 460 g/mol. The summed E-state index contributed by atoms with van der Waals surface area (Å²) in [4.78, 5) is 0. The first-order valence-electron chi connectivity index (χ1n) is 12.0. The zero-order valence-corrected chi connectivity index (χ0v) is 24.3. The fourth-order valence-corrected chi connectivity index (χ4v) is 11.7.